The molecule has 0 saturated carbocycles. The summed E-state index contributed by atoms with van der Waals surface area (Å²) >= 11 is 18.4. The van der Waals surface area contributed by atoms with Crippen LogP contribution in [0.4, 0.5) is 5.95 Å². The number of anilines is 1. The van der Waals surface area contributed by atoms with Crippen LogP contribution in [0.25, 0.3) is 0 Å². The molecule has 0 unspecified atom stereocenters. The SMILES string of the molecule is Cc1nn(CC(=O)Nc2ncn(Cc3c(Cl)cccc3Cl)n2)c(C)c1Cl. The van der Waals surface area contributed by atoms with E-state index in [2.05, 4.69) is 20.5 Å². The van der Waals surface area contributed by atoms with E-state index < -0.39 is 0 Å². The number of rotatable bonds is 5. The molecule has 1 amide bonds. The van der Waals surface area contributed by atoms with Gasteiger partial charge in [-0.05, 0) is 26.0 Å². The van der Waals surface area contributed by atoms with E-state index in [0.29, 0.717) is 27.3 Å². The van der Waals surface area contributed by atoms with Gasteiger partial charge in [-0.1, -0.05) is 40.9 Å². The van der Waals surface area contributed by atoms with Gasteiger partial charge < -0.3 is 0 Å². The molecular weight excluding hydrogens is 399 g/mol. The molecule has 136 valence electrons. The molecule has 26 heavy (non-hydrogen) atoms. The van der Waals surface area contributed by atoms with Gasteiger partial charge >= 0.3 is 0 Å². The van der Waals surface area contributed by atoms with Gasteiger partial charge in [0, 0.05) is 15.6 Å². The maximum atomic E-state index is 12.2. The average Bonchev–Trinajstić information content (AvgIpc) is 3.11. The molecule has 0 aliphatic rings. The molecule has 0 radical (unpaired) electrons. The summed E-state index contributed by atoms with van der Waals surface area (Å²) in [6, 6.07) is 5.27. The van der Waals surface area contributed by atoms with Crippen LogP contribution in [0.1, 0.15) is 17.0 Å². The van der Waals surface area contributed by atoms with Crippen molar-refractivity contribution in [1.29, 1.82) is 0 Å². The average molecular weight is 414 g/mol. The van der Waals surface area contributed by atoms with Gasteiger partial charge in [0.25, 0.3) is 0 Å². The van der Waals surface area contributed by atoms with Gasteiger partial charge in [0.1, 0.15) is 12.9 Å². The molecule has 2 aromatic heterocycles. The van der Waals surface area contributed by atoms with E-state index in [1.807, 2.05) is 0 Å². The molecule has 1 aromatic carbocycles. The summed E-state index contributed by atoms with van der Waals surface area (Å²) in [5.41, 5.74) is 2.14. The van der Waals surface area contributed by atoms with Crippen molar-refractivity contribution in [3.05, 3.63) is 56.5 Å². The number of nitrogens with one attached hydrogen (secondary N) is 1. The number of hydrogen-bond donors (Lipinski definition) is 1. The highest BCUT2D eigenvalue weighted by molar-refractivity contribution is 6.36. The van der Waals surface area contributed by atoms with E-state index in [0.717, 1.165) is 11.3 Å². The van der Waals surface area contributed by atoms with Crippen LogP contribution in [0.15, 0.2) is 24.5 Å². The Hall–Kier alpha value is -2.09. The Bertz CT molecular complexity index is 945. The summed E-state index contributed by atoms with van der Waals surface area (Å²) in [5.74, 6) is -0.119. The summed E-state index contributed by atoms with van der Waals surface area (Å²) in [5, 5.41) is 12.7. The van der Waals surface area contributed by atoms with Gasteiger partial charge in [-0.15, -0.1) is 5.10 Å². The number of aromatic nitrogens is 5. The Balaban J connectivity index is 1.66. The Labute approximate surface area is 164 Å². The monoisotopic (exact) mass is 412 g/mol. The topological polar surface area (TPSA) is 77.6 Å². The Morgan fingerprint density at radius 1 is 1.15 bits per heavy atom. The van der Waals surface area contributed by atoms with Crippen LogP contribution in [0.5, 0.6) is 0 Å². The summed E-state index contributed by atoms with van der Waals surface area (Å²) in [6.45, 7) is 3.95. The molecule has 0 spiro atoms. The zero-order valence-corrected chi connectivity index (χ0v) is 16.3. The Kier molecular flexibility index (Phi) is 5.50. The van der Waals surface area contributed by atoms with Gasteiger partial charge in [0.05, 0.1) is 23.0 Å². The largest absolute Gasteiger partial charge is 0.292 e. The van der Waals surface area contributed by atoms with Crippen LogP contribution in [0, 0.1) is 13.8 Å². The molecular formula is C16H15Cl3N6O. The van der Waals surface area contributed by atoms with Gasteiger partial charge in [-0.2, -0.15) is 5.10 Å². The minimum absolute atomic E-state index is 0.0181. The molecule has 0 bridgehead atoms. The highest BCUT2D eigenvalue weighted by atomic mass is 35.5. The van der Waals surface area contributed by atoms with Crippen molar-refractivity contribution in [3.8, 4) is 0 Å². The molecule has 0 fully saturated rings. The Morgan fingerprint density at radius 2 is 1.85 bits per heavy atom. The molecule has 1 N–H and O–H groups in total. The number of nitrogens with zero attached hydrogens (tertiary/aromatic N) is 5. The van der Waals surface area contributed by atoms with E-state index in [1.165, 1.54) is 11.0 Å². The number of benzene rings is 1. The normalized spacial score (nSPS) is 11.0. The third-order valence-corrected chi connectivity index (χ3v) is 5.01. The molecule has 0 atom stereocenters. The number of aryl methyl sites for hydroxylation is 1. The predicted molar refractivity (Wildman–Crippen MR) is 101 cm³/mol. The second-order valence-corrected chi connectivity index (χ2v) is 6.85. The quantitative estimate of drug-likeness (QED) is 0.691. The zero-order valence-electron chi connectivity index (χ0n) is 14.0. The van der Waals surface area contributed by atoms with Crippen molar-refractivity contribution in [2.75, 3.05) is 5.32 Å². The van der Waals surface area contributed by atoms with Crippen molar-refractivity contribution in [1.82, 2.24) is 24.5 Å². The highest BCUT2D eigenvalue weighted by Gasteiger charge is 2.14. The second-order valence-electron chi connectivity index (χ2n) is 5.66. The second kappa shape index (κ2) is 7.65. The maximum Gasteiger partial charge on any atom is 0.248 e. The van der Waals surface area contributed by atoms with Crippen molar-refractivity contribution in [2.24, 2.45) is 0 Å². The number of carbonyl (C=O) groups is 1. The molecule has 0 saturated heterocycles. The standard InChI is InChI=1S/C16H15Cl3N6O/c1-9-15(19)10(2)25(22-9)7-14(26)21-16-20-8-24(23-16)6-11-12(17)4-3-5-13(11)18/h3-5,8H,6-7H2,1-2H3,(H,21,23,26). The molecule has 3 rings (SSSR count). The van der Waals surface area contributed by atoms with Crippen LogP contribution in [0.2, 0.25) is 15.1 Å². The van der Waals surface area contributed by atoms with Gasteiger partial charge in [-0.25, -0.2) is 9.67 Å². The van der Waals surface area contributed by atoms with Crippen LogP contribution in [-0.4, -0.2) is 30.5 Å². The minimum Gasteiger partial charge on any atom is -0.292 e. The fourth-order valence-electron chi connectivity index (χ4n) is 2.40. The molecule has 7 nitrogen and oxygen atoms in total. The van der Waals surface area contributed by atoms with Crippen LogP contribution >= 0.6 is 34.8 Å². The summed E-state index contributed by atoms with van der Waals surface area (Å²) in [6.07, 6.45) is 1.50. The lowest BCUT2D eigenvalue weighted by atomic mass is 10.2. The summed E-state index contributed by atoms with van der Waals surface area (Å²) < 4.78 is 3.08. The van der Waals surface area contributed by atoms with E-state index >= 15 is 0 Å². The van der Waals surface area contributed by atoms with Gasteiger partial charge in [0.2, 0.25) is 11.9 Å². The van der Waals surface area contributed by atoms with Crippen molar-refractivity contribution in [3.63, 3.8) is 0 Å². The third-order valence-electron chi connectivity index (χ3n) is 3.76. The molecule has 0 aliphatic carbocycles. The first-order chi connectivity index (χ1) is 12.3. The van der Waals surface area contributed by atoms with Crippen molar-refractivity contribution < 1.29 is 4.79 Å². The number of halogens is 3. The zero-order chi connectivity index (χ0) is 18.8. The highest BCUT2D eigenvalue weighted by Crippen LogP contribution is 2.25. The smallest absolute Gasteiger partial charge is 0.248 e. The lowest BCUT2D eigenvalue weighted by molar-refractivity contribution is -0.117. The number of hydrogen-bond acceptors (Lipinski definition) is 4. The molecule has 3 aromatic rings. The number of carbonyl (C=O) groups excluding carboxylic acids is 1. The van der Waals surface area contributed by atoms with Crippen LogP contribution in [0.3, 0.4) is 0 Å². The molecule has 2 heterocycles. The molecule has 0 aliphatic heterocycles. The summed E-state index contributed by atoms with van der Waals surface area (Å²) in [4.78, 5) is 16.3. The van der Waals surface area contributed by atoms with Crippen LogP contribution in [-0.2, 0) is 17.9 Å². The van der Waals surface area contributed by atoms with Gasteiger partial charge in [0.15, 0.2) is 0 Å². The van der Waals surface area contributed by atoms with E-state index in [4.69, 9.17) is 34.8 Å². The van der Waals surface area contributed by atoms with Crippen molar-refractivity contribution >= 4 is 46.7 Å². The third kappa shape index (κ3) is 4.00. The number of amides is 1. The van der Waals surface area contributed by atoms with Crippen molar-refractivity contribution in [2.45, 2.75) is 26.9 Å². The van der Waals surface area contributed by atoms with E-state index in [-0.39, 0.29) is 18.4 Å². The predicted octanol–water partition coefficient (Wildman–Crippen LogP) is 3.74. The Morgan fingerprint density at radius 3 is 2.46 bits per heavy atom. The summed E-state index contributed by atoms with van der Waals surface area (Å²) in [7, 11) is 0. The van der Waals surface area contributed by atoms with Crippen LogP contribution < -0.4 is 5.32 Å². The fourth-order valence-corrected chi connectivity index (χ4v) is 3.06. The van der Waals surface area contributed by atoms with Gasteiger partial charge in [-0.3, -0.25) is 14.8 Å². The first-order valence-corrected chi connectivity index (χ1v) is 8.80. The maximum absolute atomic E-state index is 12.2. The minimum atomic E-state index is -0.305. The van der Waals surface area contributed by atoms with E-state index in [1.54, 1.807) is 36.7 Å². The van der Waals surface area contributed by atoms with E-state index in [9.17, 15) is 4.79 Å². The first kappa shape index (κ1) is 18.7. The first-order valence-electron chi connectivity index (χ1n) is 7.67. The fraction of sp³-hybridized carbons (Fsp3) is 0.250. The lowest BCUT2D eigenvalue weighted by Crippen LogP contribution is -2.21. The molecule has 10 heteroatoms. The lowest BCUT2D eigenvalue weighted by Gasteiger charge is -2.06.